The van der Waals surface area contributed by atoms with Crippen LogP contribution in [0.3, 0.4) is 0 Å². The average Bonchev–Trinajstić information content (AvgIpc) is 2.78. The van der Waals surface area contributed by atoms with Crippen LogP contribution in [0.25, 0.3) is 11.3 Å². The maximum atomic E-state index is 14.0. The molecule has 0 saturated carbocycles. The molecule has 0 bridgehead atoms. The van der Waals surface area contributed by atoms with E-state index in [1.165, 1.54) is 17.8 Å². The third-order valence-corrected chi connectivity index (χ3v) is 2.99. The van der Waals surface area contributed by atoms with Crippen LogP contribution in [0.5, 0.6) is 0 Å². The summed E-state index contributed by atoms with van der Waals surface area (Å²) in [6, 6.07) is 1.93. The van der Waals surface area contributed by atoms with E-state index in [0.29, 0.717) is 0 Å². The Morgan fingerprint density at radius 2 is 1.95 bits per heavy atom. The lowest BCUT2D eigenvalue weighted by atomic mass is 10.1. The van der Waals surface area contributed by atoms with E-state index in [0.717, 1.165) is 12.1 Å². The second-order valence-electron chi connectivity index (χ2n) is 4.85. The Kier molecular flexibility index (Phi) is 3.57. The Morgan fingerprint density at radius 1 is 1.30 bits per heavy atom. The quantitative estimate of drug-likeness (QED) is 0.937. The Labute approximate surface area is 114 Å². The summed E-state index contributed by atoms with van der Waals surface area (Å²) < 4.78 is 29.0. The smallest absolute Gasteiger partial charge is 0.339 e. The van der Waals surface area contributed by atoms with Crippen molar-refractivity contribution in [2.45, 2.75) is 26.8 Å². The molecule has 0 fully saturated rings. The standard InChI is InChI=1S/C14H14F2N2O2/c1-7(2)18-6-10(14(19)20)13(17-18)9-5-11(15)8(3)4-12(9)16/h4-7H,1-3H3,(H,19,20). The maximum Gasteiger partial charge on any atom is 0.339 e. The van der Waals surface area contributed by atoms with Crippen LogP contribution in [-0.2, 0) is 0 Å². The zero-order valence-corrected chi connectivity index (χ0v) is 11.3. The van der Waals surface area contributed by atoms with Gasteiger partial charge in [-0.25, -0.2) is 13.6 Å². The van der Waals surface area contributed by atoms with Gasteiger partial charge in [0, 0.05) is 17.8 Å². The number of aromatic nitrogens is 2. The van der Waals surface area contributed by atoms with Gasteiger partial charge in [-0.05, 0) is 38.5 Å². The summed E-state index contributed by atoms with van der Waals surface area (Å²) in [6.07, 6.45) is 1.32. The highest BCUT2D eigenvalue weighted by atomic mass is 19.1. The summed E-state index contributed by atoms with van der Waals surface area (Å²) in [7, 11) is 0. The lowest BCUT2D eigenvalue weighted by molar-refractivity contribution is 0.0697. The highest BCUT2D eigenvalue weighted by molar-refractivity contribution is 5.94. The number of hydrogen-bond donors (Lipinski definition) is 1. The molecule has 106 valence electrons. The van der Waals surface area contributed by atoms with E-state index >= 15 is 0 Å². The van der Waals surface area contributed by atoms with Gasteiger partial charge in [0.05, 0.1) is 0 Å². The van der Waals surface area contributed by atoms with Crippen molar-refractivity contribution >= 4 is 5.97 Å². The molecule has 0 spiro atoms. The lowest BCUT2D eigenvalue weighted by Gasteiger charge is -2.05. The minimum Gasteiger partial charge on any atom is -0.478 e. The maximum absolute atomic E-state index is 14.0. The number of nitrogens with zero attached hydrogens (tertiary/aromatic N) is 2. The fourth-order valence-corrected chi connectivity index (χ4v) is 1.84. The van der Waals surface area contributed by atoms with Crippen molar-refractivity contribution in [3.05, 3.63) is 41.1 Å². The predicted octanol–water partition coefficient (Wildman–Crippen LogP) is 3.42. The van der Waals surface area contributed by atoms with Crippen molar-refractivity contribution < 1.29 is 18.7 Å². The van der Waals surface area contributed by atoms with Crippen LogP contribution >= 0.6 is 0 Å². The van der Waals surface area contributed by atoms with Crippen molar-refractivity contribution in [2.75, 3.05) is 0 Å². The van der Waals surface area contributed by atoms with Crippen LogP contribution in [0.2, 0.25) is 0 Å². The highest BCUT2D eigenvalue weighted by Gasteiger charge is 2.21. The van der Waals surface area contributed by atoms with Crippen molar-refractivity contribution in [3.63, 3.8) is 0 Å². The number of aromatic carboxylic acids is 1. The molecule has 20 heavy (non-hydrogen) atoms. The van der Waals surface area contributed by atoms with Crippen LogP contribution in [0.15, 0.2) is 18.3 Å². The summed E-state index contributed by atoms with van der Waals surface area (Å²) in [5, 5.41) is 13.2. The monoisotopic (exact) mass is 280 g/mol. The van der Waals surface area contributed by atoms with Crippen LogP contribution in [0.4, 0.5) is 8.78 Å². The Balaban J connectivity index is 2.68. The fourth-order valence-electron chi connectivity index (χ4n) is 1.84. The molecule has 4 nitrogen and oxygen atoms in total. The molecule has 0 aliphatic carbocycles. The molecule has 2 aromatic rings. The summed E-state index contributed by atoms with van der Waals surface area (Å²) in [4.78, 5) is 11.2. The Bertz CT molecular complexity index is 678. The van der Waals surface area contributed by atoms with Crippen molar-refractivity contribution in [1.82, 2.24) is 9.78 Å². The van der Waals surface area contributed by atoms with Gasteiger partial charge < -0.3 is 5.11 Å². The molecule has 1 aromatic heterocycles. The first-order valence-electron chi connectivity index (χ1n) is 6.09. The minimum atomic E-state index is -1.23. The third kappa shape index (κ3) is 2.41. The molecule has 1 heterocycles. The van der Waals surface area contributed by atoms with Gasteiger partial charge in [-0.3, -0.25) is 4.68 Å². The molecule has 0 radical (unpaired) electrons. The Hall–Kier alpha value is -2.24. The molecule has 0 aliphatic rings. The zero-order valence-electron chi connectivity index (χ0n) is 11.3. The lowest BCUT2D eigenvalue weighted by Crippen LogP contribution is -2.01. The van der Waals surface area contributed by atoms with E-state index in [1.54, 1.807) is 0 Å². The van der Waals surface area contributed by atoms with Crippen molar-refractivity contribution in [1.29, 1.82) is 0 Å². The number of hydrogen-bond acceptors (Lipinski definition) is 2. The number of carboxylic acid groups (broad SMARTS) is 1. The summed E-state index contributed by atoms with van der Waals surface area (Å²) >= 11 is 0. The second kappa shape index (κ2) is 5.03. The molecule has 1 aromatic carbocycles. The molecule has 0 aliphatic heterocycles. The van der Waals surface area contributed by atoms with Gasteiger partial charge in [-0.15, -0.1) is 0 Å². The van der Waals surface area contributed by atoms with Crippen LogP contribution in [0.1, 0.15) is 35.8 Å². The van der Waals surface area contributed by atoms with E-state index in [-0.39, 0.29) is 28.4 Å². The molecule has 2 rings (SSSR count). The van der Waals surface area contributed by atoms with E-state index in [4.69, 9.17) is 5.11 Å². The zero-order chi connectivity index (χ0) is 15.0. The van der Waals surface area contributed by atoms with Crippen molar-refractivity contribution in [3.8, 4) is 11.3 Å². The fraction of sp³-hybridized carbons (Fsp3) is 0.286. The topological polar surface area (TPSA) is 55.1 Å². The molecule has 0 saturated heterocycles. The van der Waals surface area contributed by atoms with Gasteiger partial charge in [-0.2, -0.15) is 5.10 Å². The van der Waals surface area contributed by atoms with Gasteiger partial charge in [0.25, 0.3) is 0 Å². The summed E-state index contributed by atoms with van der Waals surface area (Å²) in [5.74, 6) is -2.52. The van der Waals surface area contributed by atoms with Gasteiger partial charge in [-0.1, -0.05) is 0 Å². The van der Waals surface area contributed by atoms with Crippen molar-refractivity contribution in [2.24, 2.45) is 0 Å². The number of carbonyl (C=O) groups is 1. The van der Waals surface area contributed by atoms with E-state index < -0.39 is 17.6 Å². The van der Waals surface area contributed by atoms with Gasteiger partial charge in [0.15, 0.2) is 0 Å². The molecule has 0 amide bonds. The normalized spacial score (nSPS) is 11.1. The second-order valence-corrected chi connectivity index (χ2v) is 4.85. The molecule has 0 unspecified atom stereocenters. The predicted molar refractivity (Wildman–Crippen MR) is 69.7 cm³/mol. The molecule has 1 N–H and O–H groups in total. The summed E-state index contributed by atoms with van der Waals surface area (Å²) in [5.41, 5.74) is -0.209. The molecular weight excluding hydrogens is 266 g/mol. The first-order chi connectivity index (χ1) is 9.31. The third-order valence-electron chi connectivity index (χ3n) is 2.99. The van der Waals surface area contributed by atoms with Crippen LogP contribution in [0, 0.1) is 18.6 Å². The van der Waals surface area contributed by atoms with E-state index in [9.17, 15) is 13.6 Å². The SMILES string of the molecule is Cc1cc(F)c(-c2nn(C(C)C)cc2C(=O)O)cc1F. The first kappa shape index (κ1) is 14.2. The largest absolute Gasteiger partial charge is 0.478 e. The summed E-state index contributed by atoms with van der Waals surface area (Å²) in [6.45, 7) is 5.07. The molecular formula is C14H14F2N2O2. The number of benzene rings is 1. The number of rotatable bonds is 3. The van der Waals surface area contributed by atoms with E-state index in [1.807, 2.05) is 13.8 Å². The van der Waals surface area contributed by atoms with Gasteiger partial charge in [0.1, 0.15) is 22.9 Å². The first-order valence-corrected chi connectivity index (χ1v) is 6.09. The number of halogens is 2. The van der Waals surface area contributed by atoms with Crippen LogP contribution in [-0.4, -0.2) is 20.9 Å². The molecule has 6 heteroatoms. The highest BCUT2D eigenvalue weighted by Crippen LogP contribution is 2.28. The number of carboxylic acids is 1. The van der Waals surface area contributed by atoms with Gasteiger partial charge in [0.2, 0.25) is 0 Å². The Morgan fingerprint density at radius 3 is 2.50 bits per heavy atom. The van der Waals surface area contributed by atoms with Gasteiger partial charge >= 0.3 is 5.97 Å². The number of aryl methyl sites for hydroxylation is 1. The minimum absolute atomic E-state index is 0.0670. The van der Waals surface area contributed by atoms with E-state index in [2.05, 4.69) is 5.10 Å². The molecule has 0 atom stereocenters. The average molecular weight is 280 g/mol. The van der Waals surface area contributed by atoms with Crippen LogP contribution < -0.4 is 0 Å².